The predicted molar refractivity (Wildman–Crippen MR) is 46.6 cm³/mol. The molecular weight excluding hydrogens is 168 g/mol. The van der Waals surface area contributed by atoms with Crippen LogP contribution in [-0.2, 0) is 9.53 Å². The van der Waals surface area contributed by atoms with Gasteiger partial charge in [-0.2, -0.15) is 0 Å². The molecule has 2 aliphatic rings. The Labute approximate surface area is 77.4 Å². The third kappa shape index (κ3) is 1.27. The molecule has 0 radical (unpaired) electrons. The van der Waals surface area contributed by atoms with Crippen LogP contribution in [0.1, 0.15) is 19.8 Å². The Morgan fingerprint density at radius 3 is 3.08 bits per heavy atom. The van der Waals surface area contributed by atoms with Crippen molar-refractivity contribution in [1.29, 1.82) is 0 Å². The summed E-state index contributed by atoms with van der Waals surface area (Å²) in [5.74, 6) is 0.782. The second kappa shape index (κ2) is 3.14. The van der Waals surface area contributed by atoms with Gasteiger partial charge in [0, 0.05) is 11.5 Å². The molecule has 1 fully saturated rings. The van der Waals surface area contributed by atoms with E-state index in [4.69, 9.17) is 4.74 Å². The van der Waals surface area contributed by atoms with Gasteiger partial charge < -0.3 is 9.84 Å². The van der Waals surface area contributed by atoms with Gasteiger partial charge in [-0.3, -0.25) is 4.79 Å². The number of fused-ring (bicyclic) bond motifs is 1. The third-order valence-electron chi connectivity index (χ3n) is 3.29. The second-order valence-corrected chi connectivity index (χ2v) is 4.00. The maximum absolute atomic E-state index is 10.7. The molecule has 0 aromatic carbocycles. The number of aliphatic hydroxyl groups excluding tert-OH is 1. The Kier molecular flexibility index (Phi) is 2.12. The molecule has 1 unspecified atom stereocenters. The number of aldehydes is 1. The first-order valence-corrected chi connectivity index (χ1v) is 4.73. The highest BCUT2D eigenvalue weighted by molar-refractivity contribution is 5.74. The number of rotatable bonds is 1. The van der Waals surface area contributed by atoms with Crippen LogP contribution in [0, 0.1) is 17.8 Å². The van der Waals surface area contributed by atoms with E-state index >= 15 is 0 Å². The van der Waals surface area contributed by atoms with Crippen LogP contribution in [0.3, 0.4) is 0 Å². The van der Waals surface area contributed by atoms with Crippen molar-refractivity contribution in [2.75, 3.05) is 0 Å². The van der Waals surface area contributed by atoms with Gasteiger partial charge in [0.1, 0.15) is 6.29 Å². The van der Waals surface area contributed by atoms with Crippen molar-refractivity contribution in [3.63, 3.8) is 0 Å². The molecule has 2 rings (SSSR count). The highest BCUT2D eigenvalue weighted by atomic mass is 16.6. The number of allylic oxidation sites excluding steroid dienone is 1. The van der Waals surface area contributed by atoms with Crippen molar-refractivity contribution >= 4 is 6.29 Å². The van der Waals surface area contributed by atoms with Gasteiger partial charge in [0.05, 0.1) is 6.26 Å². The van der Waals surface area contributed by atoms with E-state index in [1.807, 2.05) is 0 Å². The van der Waals surface area contributed by atoms with Crippen LogP contribution in [0.25, 0.3) is 0 Å². The highest BCUT2D eigenvalue weighted by Gasteiger charge is 2.43. The number of carbonyl (C=O) groups is 1. The van der Waals surface area contributed by atoms with Crippen molar-refractivity contribution in [2.45, 2.75) is 26.1 Å². The normalized spacial score (nSPS) is 43.4. The number of hydrogen-bond donors (Lipinski definition) is 1. The molecule has 13 heavy (non-hydrogen) atoms. The van der Waals surface area contributed by atoms with Crippen molar-refractivity contribution in [3.8, 4) is 0 Å². The summed E-state index contributed by atoms with van der Waals surface area (Å²) in [5.41, 5.74) is 0.708. The summed E-state index contributed by atoms with van der Waals surface area (Å²) in [6.07, 6.45) is 3.61. The first-order chi connectivity index (χ1) is 6.24. The largest absolute Gasteiger partial charge is 0.472 e. The third-order valence-corrected chi connectivity index (χ3v) is 3.29. The Balaban J connectivity index is 2.26. The second-order valence-electron chi connectivity index (χ2n) is 4.00. The zero-order valence-electron chi connectivity index (χ0n) is 7.64. The molecule has 3 heteroatoms. The van der Waals surface area contributed by atoms with Gasteiger partial charge in [0.25, 0.3) is 0 Å². The van der Waals surface area contributed by atoms with E-state index in [9.17, 15) is 9.90 Å². The quantitative estimate of drug-likeness (QED) is 0.617. The van der Waals surface area contributed by atoms with Gasteiger partial charge in [0.2, 0.25) is 0 Å². The van der Waals surface area contributed by atoms with Crippen molar-refractivity contribution < 1.29 is 14.6 Å². The summed E-state index contributed by atoms with van der Waals surface area (Å²) in [6, 6.07) is 0. The average molecular weight is 182 g/mol. The van der Waals surface area contributed by atoms with Crippen LogP contribution in [0.5, 0.6) is 0 Å². The molecule has 3 nitrogen and oxygen atoms in total. The SMILES string of the molecule is C[C@H]1CC[C@@H]2C(C=O)=COC(O)[C@@H]21. The lowest BCUT2D eigenvalue weighted by Gasteiger charge is -2.31. The van der Waals surface area contributed by atoms with Crippen LogP contribution in [-0.4, -0.2) is 17.7 Å². The van der Waals surface area contributed by atoms with Crippen LogP contribution in [0.4, 0.5) is 0 Å². The first-order valence-electron chi connectivity index (χ1n) is 4.73. The summed E-state index contributed by atoms with van der Waals surface area (Å²) in [7, 11) is 0. The maximum Gasteiger partial charge on any atom is 0.200 e. The van der Waals surface area contributed by atoms with Crippen molar-refractivity contribution in [2.24, 2.45) is 17.8 Å². The fraction of sp³-hybridized carbons (Fsp3) is 0.700. The van der Waals surface area contributed by atoms with Gasteiger partial charge in [-0.25, -0.2) is 0 Å². The van der Waals surface area contributed by atoms with Gasteiger partial charge in [-0.05, 0) is 24.7 Å². The minimum absolute atomic E-state index is 0.116. The minimum atomic E-state index is -0.716. The van der Waals surface area contributed by atoms with E-state index in [1.165, 1.54) is 6.26 Å². The van der Waals surface area contributed by atoms with Gasteiger partial charge in [-0.1, -0.05) is 6.92 Å². The molecule has 1 aliphatic carbocycles. The molecule has 0 bridgehead atoms. The topological polar surface area (TPSA) is 46.5 Å². The Morgan fingerprint density at radius 1 is 1.62 bits per heavy atom. The van der Waals surface area contributed by atoms with Crippen LogP contribution < -0.4 is 0 Å². The molecule has 1 heterocycles. The molecule has 1 aliphatic heterocycles. The maximum atomic E-state index is 10.7. The number of aliphatic hydroxyl groups is 1. The summed E-state index contributed by atoms with van der Waals surface area (Å²) in [5, 5.41) is 9.58. The lowest BCUT2D eigenvalue weighted by atomic mass is 9.84. The number of carbonyl (C=O) groups excluding carboxylic acids is 1. The molecular formula is C10H14O3. The molecule has 4 atom stereocenters. The van der Waals surface area contributed by atoms with E-state index in [2.05, 4.69) is 6.92 Å². The zero-order chi connectivity index (χ0) is 9.42. The molecule has 72 valence electrons. The van der Waals surface area contributed by atoms with E-state index in [0.717, 1.165) is 19.1 Å². The average Bonchev–Trinajstić information content (AvgIpc) is 2.50. The standard InChI is InChI=1S/C10H14O3/c1-6-2-3-8-7(4-11)5-13-10(12)9(6)8/h4-6,8-10,12H,2-3H2,1H3/t6-,8+,9+,10?/m0/s1. The first kappa shape index (κ1) is 8.75. The molecule has 0 saturated heterocycles. The monoisotopic (exact) mass is 182 g/mol. The van der Waals surface area contributed by atoms with Crippen LogP contribution in [0.2, 0.25) is 0 Å². The Morgan fingerprint density at radius 2 is 2.38 bits per heavy atom. The summed E-state index contributed by atoms with van der Waals surface area (Å²) in [4.78, 5) is 10.7. The number of hydrogen-bond acceptors (Lipinski definition) is 3. The fourth-order valence-electron chi connectivity index (χ4n) is 2.53. The van der Waals surface area contributed by atoms with E-state index in [-0.39, 0.29) is 11.8 Å². The molecule has 1 saturated carbocycles. The highest BCUT2D eigenvalue weighted by Crippen LogP contribution is 2.44. The molecule has 0 aromatic heterocycles. The van der Waals surface area contributed by atoms with Crippen LogP contribution in [0.15, 0.2) is 11.8 Å². The van der Waals surface area contributed by atoms with Crippen LogP contribution >= 0.6 is 0 Å². The van der Waals surface area contributed by atoms with Crippen molar-refractivity contribution in [1.82, 2.24) is 0 Å². The lowest BCUT2D eigenvalue weighted by molar-refractivity contribution is -0.125. The predicted octanol–water partition coefficient (Wildman–Crippen LogP) is 1.08. The lowest BCUT2D eigenvalue weighted by Crippen LogP contribution is -2.33. The van der Waals surface area contributed by atoms with Gasteiger partial charge in [-0.15, -0.1) is 0 Å². The molecule has 0 spiro atoms. The minimum Gasteiger partial charge on any atom is -0.472 e. The zero-order valence-corrected chi connectivity index (χ0v) is 7.64. The number of ether oxygens (including phenoxy) is 1. The fourth-order valence-corrected chi connectivity index (χ4v) is 2.53. The molecule has 0 aromatic rings. The Bertz CT molecular complexity index is 247. The van der Waals surface area contributed by atoms with Gasteiger partial charge >= 0.3 is 0 Å². The summed E-state index contributed by atoms with van der Waals surface area (Å²) in [6.45, 7) is 2.10. The van der Waals surface area contributed by atoms with Gasteiger partial charge in [0.15, 0.2) is 6.29 Å². The summed E-state index contributed by atoms with van der Waals surface area (Å²) < 4.78 is 5.03. The summed E-state index contributed by atoms with van der Waals surface area (Å²) >= 11 is 0. The molecule has 1 N–H and O–H groups in total. The van der Waals surface area contributed by atoms with E-state index in [0.29, 0.717) is 11.5 Å². The molecule has 0 amide bonds. The van der Waals surface area contributed by atoms with E-state index < -0.39 is 6.29 Å². The van der Waals surface area contributed by atoms with E-state index in [1.54, 1.807) is 0 Å². The smallest absolute Gasteiger partial charge is 0.200 e. The van der Waals surface area contributed by atoms with Crippen molar-refractivity contribution in [3.05, 3.63) is 11.8 Å². The Hall–Kier alpha value is -0.830.